The molecule has 1 fully saturated rings. The molecule has 7 heteroatoms. The smallest absolute Gasteiger partial charge is 0.230 e. The first-order valence-corrected chi connectivity index (χ1v) is 10.1. The monoisotopic (exact) mass is 382 g/mol. The van der Waals surface area contributed by atoms with E-state index in [1.54, 1.807) is 0 Å². The van der Waals surface area contributed by atoms with Crippen molar-refractivity contribution in [1.29, 1.82) is 0 Å². The Bertz CT molecular complexity index is 759. The van der Waals surface area contributed by atoms with E-state index in [1.165, 1.54) is 5.56 Å². The zero-order chi connectivity index (χ0) is 19.8. The van der Waals surface area contributed by atoms with Gasteiger partial charge in [-0.2, -0.15) is 15.0 Å². The Labute approximate surface area is 167 Å². The van der Waals surface area contributed by atoms with Gasteiger partial charge in [0.1, 0.15) is 0 Å². The fourth-order valence-corrected chi connectivity index (χ4v) is 3.26. The molecular formula is C21H30N6O. The molecule has 1 aromatic carbocycles. The highest BCUT2D eigenvalue weighted by Crippen LogP contribution is 2.18. The zero-order valence-electron chi connectivity index (χ0n) is 16.9. The Kier molecular flexibility index (Phi) is 7.17. The number of hydrogen-bond acceptors (Lipinski definition) is 6. The van der Waals surface area contributed by atoms with Crippen LogP contribution in [-0.2, 0) is 17.8 Å². The maximum absolute atomic E-state index is 12.2. The summed E-state index contributed by atoms with van der Waals surface area (Å²) in [7, 11) is 3.83. The molecule has 1 aromatic heterocycles. The van der Waals surface area contributed by atoms with Crippen molar-refractivity contribution in [2.24, 2.45) is 0 Å². The van der Waals surface area contributed by atoms with E-state index in [1.807, 2.05) is 25.1 Å². The lowest BCUT2D eigenvalue weighted by Gasteiger charge is -2.18. The van der Waals surface area contributed by atoms with Crippen molar-refractivity contribution in [2.45, 2.75) is 45.1 Å². The molecule has 1 amide bonds. The first kappa shape index (κ1) is 20.0. The standard InChI is InChI=1S/C21H30N6O/c1-26(2)20-23-18(24-21(25-20)27-14-8-9-15-27)16-22-19(28)13-7-6-12-17-10-4-3-5-11-17/h3-5,10-11H,6-9,12-16H2,1-2H3,(H,22,28). The molecule has 1 N–H and O–H groups in total. The van der Waals surface area contributed by atoms with Crippen LogP contribution in [0.15, 0.2) is 30.3 Å². The number of carbonyl (C=O) groups excluding carboxylic acids is 1. The molecule has 150 valence electrons. The van der Waals surface area contributed by atoms with Crippen molar-refractivity contribution < 1.29 is 4.79 Å². The first-order chi connectivity index (χ1) is 13.6. The first-order valence-electron chi connectivity index (χ1n) is 10.1. The topological polar surface area (TPSA) is 74.2 Å². The lowest BCUT2D eigenvalue weighted by atomic mass is 10.1. The van der Waals surface area contributed by atoms with Gasteiger partial charge in [-0.3, -0.25) is 4.79 Å². The highest BCUT2D eigenvalue weighted by molar-refractivity contribution is 5.75. The normalized spacial score (nSPS) is 13.6. The molecule has 1 saturated heterocycles. The van der Waals surface area contributed by atoms with Crippen LogP contribution in [0.2, 0.25) is 0 Å². The fourth-order valence-electron chi connectivity index (χ4n) is 3.26. The van der Waals surface area contributed by atoms with Crippen molar-refractivity contribution in [1.82, 2.24) is 20.3 Å². The molecule has 0 bridgehead atoms. The number of carbonyl (C=O) groups is 1. The maximum atomic E-state index is 12.2. The highest BCUT2D eigenvalue weighted by Gasteiger charge is 2.18. The van der Waals surface area contributed by atoms with Crippen LogP contribution in [0.4, 0.5) is 11.9 Å². The number of hydrogen-bond donors (Lipinski definition) is 1. The number of amides is 1. The number of anilines is 2. The minimum atomic E-state index is 0.0441. The summed E-state index contributed by atoms with van der Waals surface area (Å²) in [5.74, 6) is 1.99. The molecule has 2 aromatic rings. The molecule has 0 atom stereocenters. The molecule has 0 aliphatic carbocycles. The van der Waals surface area contributed by atoms with Crippen molar-refractivity contribution >= 4 is 17.8 Å². The molecule has 0 spiro atoms. The summed E-state index contributed by atoms with van der Waals surface area (Å²) in [5, 5.41) is 2.95. The summed E-state index contributed by atoms with van der Waals surface area (Å²) in [4.78, 5) is 29.8. The van der Waals surface area contributed by atoms with Crippen molar-refractivity contribution in [3.63, 3.8) is 0 Å². The largest absolute Gasteiger partial charge is 0.349 e. The van der Waals surface area contributed by atoms with Crippen LogP contribution in [0.5, 0.6) is 0 Å². The number of rotatable bonds is 9. The van der Waals surface area contributed by atoms with E-state index in [4.69, 9.17) is 0 Å². The van der Waals surface area contributed by atoms with Crippen LogP contribution in [-0.4, -0.2) is 48.0 Å². The van der Waals surface area contributed by atoms with Gasteiger partial charge in [0.15, 0.2) is 5.82 Å². The van der Waals surface area contributed by atoms with Crippen molar-refractivity contribution in [3.8, 4) is 0 Å². The second-order valence-electron chi connectivity index (χ2n) is 7.41. The predicted molar refractivity (Wildman–Crippen MR) is 111 cm³/mol. The number of aryl methyl sites for hydroxylation is 1. The lowest BCUT2D eigenvalue weighted by molar-refractivity contribution is -0.121. The number of nitrogens with zero attached hydrogens (tertiary/aromatic N) is 5. The molecule has 1 aliphatic heterocycles. The number of nitrogens with one attached hydrogen (secondary N) is 1. The molecule has 0 radical (unpaired) electrons. The van der Waals surface area contributed by atoms with Gasteiger partial charge in [0, 0.05) is 33.6 Å². The predicted octanol–water partition coefficient (Wildman–Crippen LogP) is 2.57. The molecular weight excluding hydrogens is 352 g/mol. The van der Waals surface area contributed by atoms with E-state index >= 15 is 0 Å². The molecule has 0 unspecified atom stereocenters. The molecule has 1 aliphatic rings. The number of benzene rings is 1. The fraction of sp³-hybridized carbons (Fsp3) is 0.524. The third-order valence-electron chi connectivity index (χ3n) is 4.85. The van der Waals surface area contributed by atoms with Gasteiger partial charge in [0.25, 0.3) is 0 Å². The quantitative estimate of drug-likeness (QED) is 0.672. The third-order valence-corrected chi connectivity index (χ3v) is 4.85. The van der Waals surface area contributed by atoms with E-state index in [-0.39, 0.29) is 5.91 Å². The SMILES string of the molecule is CN(C)c1nc(CNC(=O)CCCCc2ccccc2)nc(N2CCCC2)n1. The van der Waals surface area contributed by atoms with E-state index in [9.17, 15) is 4.79 Å². The minimum Gasteiger partial charge on any atom is -0.349 e. The van der Waals surface area contributed by atoms with Crippen LogP contribution in [0.1, 0.15) is 43.5 Å². The summed E-state index contributed by atoms with van der Waals surface area (Å²) in [5.41, 5.74) is 1.32. The Morgan fingerprint density at radius 3 is 2.54 bits per heavy atom. The van der Waals surface area contributed by atoms with Crippen LogP contribution >= 0.6 is 0 Å². The number of unbranched alkanes of at least 4 members (excludes halogenated alkanes) is 1. The van der Waals surface area contributed by atoms with Gasteiger partial charge >= 0.3 is 0 Å². The average Bonchev–Trinajstić information content (AvgIpc) is 3.25. The van der Waals surface area contributed by atoms with Gasteiger partial charge < -0.3 is 15.1 Å². The van der Waals surface area contributed by atoms with Gasteiger partial charge in [-0.05, 0) is 37.7 Å². The summed E-state index contributed by atoms with van der Waals surface area (Å²) < 4.78 is 0. The second-order valence-corrected chi connectivity index (χ2v) is 7.41. The molecule has 7 nitrogen and oxygen atoms in total. The van der Waals surface area contributed by atoms with E-state index in [2.05, 4.69) is 49.4 Å². The molecule has 2 heterocycles. The van der Waals surface area contributed by atoms with Gasteiger partial charge in [0.2, 0.25) is 17.8 Å². The average molecular weight is 383 g/mol. The van der Waals surface area contributed by atoms with E-state index in [0.717, 1.165) is 45.2 Å². The van der Waals surface area contributed by atoms with Crippen molar-refractivity contribution in [3.05, 3.63) is 41.7 Å². The van der Waals surface area contributed by atoms with Gasteiger partial charge in [-0.15, -0.1) is 0 Å². The molecule has 0 saturated carbocycles. The zero-order valence-corrected chi connectivity index (χ0v) is 16.9. The summed E-state index contributed by atoms with van der Waals surface area (Å²) >= 11 is 0. The van der Waals surface area contributed by atoms with Crippen LogP contribution in [0, 0.1) is 0 Å². The Balaban J connectivity index is 1.48. The second kappa shape index (κ2) is 10.0. The van der Waals surface area contributed by atoms with E-state index in [0.29, 0.717) is 30.7 Å². The lowest BCUT2D eigenvalue weighted by Crippen LogP contribution is -2.27. The Morgan fingerprint density at radius 1 is 1.07 bits per heavy atom. The number of aromatic nitrogens is 3. The summed E-state index contributed by atoms with van der Waals surface area (Å²) in [6, 6.07) is 10.4. The van der Waals surface area contributed by atoms with Crippen molar-refractivity contribution in [2.75, 3.05) is 37.0 Å². The van der Waals surface area contributed by atoms with Gasteiger partial charge in [0.05, 0.1) is 6.54 Å². The van der Waals surface area contributed by atoms with Gasteiger partial charge in [-0.1, -0.05) is 30.3 Å². The Hall–Kier alpha value is -2.70. The third kappa shape index (κ3) is 5.90. The van der Waals surface area contributed by atoms with Gasteiger partial charge in [-0.25, -0.2) is 0 Å². The molecule has 3 rings (SSSR count). The van der Waals surface area contributed by atoms with Crippen LogP contribution in [0.25, 0.3) is 0 Å². The maximum Gasteiger partial charge on any atom is 0.230 e. The van der Waals surface area contributed by atoms with E-state index < -0.39 is 0 Å². The molecule has 28 heavy (non-hydrogen) atoms. The van der Waals surface area contributed by atoms with Crippen LogP contribution in [0.3, 0.4) is 0 Å². The van der Waals surface area contributed by atoms with Crippen LogP contribution < -0.4 is 15.1 Å². The summed E-state index contributed by atoms with van der Waals surface area (Å²) in [6.45, 7) is 2.29. The minimum absolute atomic E-state index is 0.0441. The highest BCUT2D eigenvalue weighted by atomic mass is 16.1. The summed E-state index contributed by atoms with van der Waals surface area (Å²) in [6.07, 6.45) is 5.74. The Morgan fingerprint density at radius 2 is 1.82 bits per heavy atom.